The first-order chi connectivity index (χ1) is 24.5. The number of rotatable bonds is 6. The van der Waals surface area contributed by atoms with Gasteiger partial charge in [-0.15, -0.1) is 0 Å². The van der Waals surface area contributed by atoms with Gasteiger partial charge in [0.05, 0.1) is 62.3 Å². The van der Waals surface area contributed by atoms with Gasteiger partial charge in [0.2, 0.25) is 0 Å². The molecule has 2 spiro atoms. The SMILES string of the molecule is C=CC[N+]12CC[C@@]34c5ccccc5N5C=C6[C@H]7C[C@H]8[C@@]9(CC[N+]8(CC=C)CC7=CCO)c7ccccc7N(C=C([C@@H](C[C@@H]31)C(=CCO)C2)[C@H]54)[C@@H]69. The van der Waals surface area contributed by atoms with Crippen molar-refractivity contribution in [3.63, 3.8) is 0 Å². The fourth-order valence-corrected chi connectivity index (χ4v) is 14.6. The van der Waals surface area contributed by atoms with E-state index in [0.717, 1.165) is 73.9 Å². The topological polar surface area (TPSA) is 46.9 Å². The number of fused-ring (bicyclic) bond motifs is 8. The Bertz CT molecular complexity index is 1850. The van der Waals surface area contributed by atoms with E-state index in [2.05, 4.69) is 108 Å². The van der Waals surface area contributed by atoms with Crippen LogP contribution in [0.5, 0.6) is 0 Å². The van der Waals surface area contributed by atoms with E-state index in [1.807, 2.05) is 0 Å². The quantitative estimate of drug-likeness (QED) is 0.317. The van der Waals surface area contributed by atoms with E-state index in [1.165, 1.54) is 33.6 Å². The third-order valence-corrected chi connectivity index (χ3v) is 15.9. The molecule has 6 fully saturated rings. The normalized spacial score (nSPS) is 43.4. The van der Waals surface area contributed by atoms with Gasteiger partial charge in [-0.3, -0.25) is 0 Å². The Kier molecular flexibility index (Phi) is 6.00. The minimum Gasteiger partial charge on any atom is -0.392 e. The molecular weight excluding hydrogens is 617 g/mol. The van der Waals surface area contributed by atoms with Crippen LogP contribution in [-0.2, 0) is 10.8 Å². The second-order valence-electron chi connectivity index (χ2n) is 17.2. The molecule has 7 aliphatic heterocycles. The fraction of sp³-hybridized carbons (Fsp3) is 0.455. The van der Waals surface area contributed by atoms with E-state index in [4.69, 9.17) is 0 Å². The van der Waals surface area contributed by atoms with Crippen LogP contribution >= 0.6 is 0 Å². The van der Waals surface area contributed by atoms with Crippen LogP contribution in [0.15, 0.2) is 121 Å². The highest BCUT2D eigenvalue weighted by Gasteiger charge is 2.75. The molecule has 256 valence electrons. The van der Waals surface area contributed by atoms with Crippen LogP contribution in [0, 0.1) is 11.8 Å². The van der Waals surface area contributed by atoms with Gasteiger partial charge >= 0.3 is 0 Å². The highest BCUT2D eigenvalue weighted by Crippen LogP contribution is 2.69. The lowest BCUT2D eigenvalue weighted by Crippen LogP contribution is -2.69. The second-order valence-corrected chi connectivity index (χ2v) is 17.2. The van der Waals surface area contributed by atoms with Crippen LogP contribution in [0.4, 0.5) is 11.4 Å². The molecule has 2 unspecified atom stereocenters. The predicted molar refractivity (Wildman–Crippen MR) is 198 cm³/mol. The molecule has 11 rings (SSSR count). The van der Waals surface area contributed by atoms with Crippen molar-refractivity contribution >= 4 is 11.4 Å². The number of nitrogens with zero attached hydrogens (tertiary/aromatic N) is 4. The van der Waals surface area contributed by atoms with E-state index in [1.54, 1.807) is 11.1 Å². The number of hydrogen-bond acceptors (Lipinski definition) is 4. The lowest BCUT2D eigenvalue weighted by Gasteiger charge is -2.59. The molecule has 7 heterocycles. The van der Waals surface area contributed by atoms with Gasteiger partial charge in [-0.25, -0.2) is 0 Å². The minimum atomic E-state index is 0.0183. The number of quaternary nitrogens is 2. The Morgan fingerprint density at radius 1 is 0.680 bits per heavy atom. The number of piperidine rings is 2. The first-order valence-electron chi connectivity index (χ1n) is 19.2. The van der Waals surface area contributed by atoms with E-state index in [0.29, 0.717) is 23.9 Å². The minimum absolute atomic E-state index is 0.0183. The van der Waals surface area contributed by atoms with Crippen molar-refractivity contribution in [1.82, 2.24) is 0 Å². The summed E-state index contributed by atoms with van der Waals surface area (Å²) in [5.74, 6) is 0.615. The van der Waals surface area contributed by atoms with E-state index in [-0.39, 0.29) is 36.1 Å². The maximum Gasteiger partial charge on any atom is 0.103 e. The molecule has 4 bridgehead atoms. The molecule has 2 aliphatic carbocycles. The smallest absolute Gasteiger partial charge is 0.103 e. The van der Waals surface area contributed by atoms with Gasteiger partial charge in [-0.2, -0.15) is 0 Å². The lowest BCUT2D eigenvalue weighted by atomic mass is 9.56. The summed E-state index contributed by atoms with van der Waals surface area (Å²) in [5, 5.41) is 20.9. The van der Waals surface area contributed by atoms with Gasteiger partial charge in [-0.05, 0) is 57.7 Å². The summed E-state index contributed by atoms with van der Waals surface area (Å²) in [7, 11) is 0. The van der Waals surface area contributed by atoms with Crippen LogP contribution in [0.25, 0.3) is 0 Å². The van der Waals surface area contributed by atoms with Crippen molar-refractivity contribution < 1.29 is 19.2 Å². The molecule has 4 saturated heterocycles. The number of para-hydroxylation sites is 2. The molecule has 0 radical (unpaired) electrons. The van der Waals surface area contributed by atoms with E-state index >= 15 is 0 Å². The Balaban J connectivity index is 1.22. The van der Waals surface area contributed by atoms with Gasteiger partial charge < -0.3 is 29.0 Å². The highest BCUT2D eigenvalue weighted by molar-refractivity contribution is 5.77. The fourth-order valence-electron chi connectivity index (χ4n) is 14.6. The maximum atomic E-state index is 10.5. The summed E-state index contributed by atoms with van der Waals surface area (Å²) < 4.78 is 2.12. The first-order valence-corrected chi connectivity index (χ1v) is 19.2. The zero-order valence-electron chi connectivity index (χ0n) is 29.1. The molecule has 6 heteroatoms. The predicted octanol–water partition coefficient (Wildman–Crippen LogP) is 5.48. The second kappa shape index (κ2) is 10.0. The highest BCUT2D eigenvalue weighted by atomic mass is 16.3. The van der Waals surface area contributed by atoms with Crippen LogP contribution in [0.1, 0.15) is 36.8 Å². The molecule has 2 aromatic rings. The zero-order valence-corrected chi connectivity index (χ0v) is 29.1. The molecule has 2 N–H and O–H groups in total. The van der Waals surface area contributed by atoms with E-state index in [9.17, 15) is 10.2 Å². The summed E-state index contributed by atoms with van der Waals surface area (Å²) in [6, 6.07) is 20.3. The van der Waals surface area contributed by atoms with Gasteiger partial charge in [0.1, 0.15) is 25.2 Å². The molecular formula is C44H50N4O2+2. The van der Waals surface area contributed by atoms with Gasteiger partial charge in [-0.1, -0.05) is 61.7 Å². The Hall–Kier alpha value is -3.68. The average Bonchev–Trinajstić information content (AvgIpc) is 3.81. The van der Waals surface area contributed by atoms with Gasteiger partial charge in [0.15, 0.2) is 0 Å². The van der Waals surface area contributed by atoms with Crippen molar-refractivity contribution in [1.29, 1.82) is 0 Å². The average molecular weight is 667 g/mol. The summed E-state index contributed by atoms with van der Waals surface area (Å²) >= 11 is 0. The molecule has 10 atom stereocenters. The van der Waals surface area contributed by atoms with Crippen LogP contribution in [0.3, 0.4) is 0 Å². The first kappa shape index (κ1) is 30.0. The monoisotopic (exact) mass is 666 g/mol. The van der Waals surface area contributed by atoms with Crippen LogP contribution in [-0.4, -0.2) is 95.8 Å². The molecule has 2 saturated carbocycles. The number of aliphatic hydroxyl groups is 2. The van der Waals surface area contributed by atoms with Gasteiger partial charge in [0.25, 0.3) is 0 Å². The van der Waals surface area contributed by atoms with Crippen LogP contribution < -0.4 is 9.80 Å². The Labute approximate surface area is 296 Å². The number of anilines is 2. The number of hydrogen-bond donors (Lipinski definition) is 2. The third-order valence-electron chi connectivity index (χ3n) is 15.9. The molecule has 9 aliphatic rings. The van der Waals surface area contributed by atoms with Crippen molar-refractivity contribution in [2.75, 3.05) is 62.3 Å². The van der Waals surface area contributed by atoms with E-state index < -0.39 is 0 Å². The third kappa shape index (κ3) is 3.24. The standard InChI is InChI=1S/C44H50N4O2/c1-3-17-47-19-15-43-35-9-5-7-11-37(35)45-26-34-32-24-40-44(16-20-48(40,18-4-2)28-30(32)14-22-50)36-10-6-8-12-38(36)46(42(34)44)25-33(41(43)45)31(23-39(43)47)29(27-47)13-21-49/h3-14,25-26,31-32,39-42,49-50H,1-2,15-24,27-28H2/q+2/t31-,32-,39-,40-,41-,42-,43+,44+,47?,48?/m0/s1. The van der Waals surface area contributed by atoms with Gasteiger partial charge in [0, 0.05) is 61.3 Å². The largest absolute Gasteiger partial charge is 0.392 e. The van der Waals surface area contributed by atoms with Crippen LogP contribution in [0.2, 0.25) is 0 Å². The molecule has 0 aromatic heterocycles. The molecule has 0 amide bonds. The van der Waals surface area contributed by atoms with Crippen molar-refractivity contribution in [3.05, 3.63) is 132 Å². The van der Waals surface area contributed by atoms with Crippen molar-refractivity contribution in [3.8, 4) is 0 Å². The summed E-state index contributed by atoms with van der Waals surface area (Å²) in [6.45, 7) is 15.0. The number of aliphatic hydroxyl groups excluding tert-OH is 2. The van der Waals surface area contributed by atoms with Crippen molar-refractivity contribution in [2.24, 2.45) is 11.8 Å². The summed E-state index contributed by atoms with van der Waals surface area (Å²) in [5.41, 5.74) is 11.8. The molecule has 50 heavy (non-hydrogen) atoms. The number of benzene rings is 2. The lowest BCUT2D eigenvalue weighted by molar-refractivity contribution is -0.937. The Morgan fingerprint density at radius 3 is 1.54 bits per heavy atom. The Morgan fingerprint density at radius 2 is 1.12 bits per heavy atom. The maximum absolute atomic E-state index is 10.5. The van der Waals surface area contributed by atoms with Crippen molar-refractivity contribution in [2.45, 2.75) is 60.7 Å². The molecule has 6 nitrogen and oxygen atoms in total. The summed E-state index contributed by atoms with van der Waals surface area (Å²) in [6.07, 6.45) is 18.6. The molecule has 2 aromatic carbocycles. The summed E-state index contributed by atoms with van der Waals surface area (Å²) in [4.78, 5) is 5.54. The zero-order chi connectivity index (χ0) is 33.6.